The van der Waals surface area contributed by atoms with Crippen molar-refractivity contribution < 1.29 is 4.79 Å². The van der Waals surface area contributed by atoms with Gasteiger partial charge in [0.05, 0.1) is 5.69 Å². The quantitative estimate of drug-likeness (QED) is 0.834. The van der Waals surface area contributed by atoms with Crippen LogP contribution in [0.3, 0.4) is 0 Å². The molecule has 3 rings (SSSR count). The van der Waals surface area contributed by atoms with E-state index in [1.807, 2.05) is 6.92 Å². The molecule has 2 N–H and O–H groups in total. The Labute approximate surface area is 118 Å². The van der Waals surface area contributed by atoms with Crippen molar-refractivity contribution in [2.75, 3.05) is 18.4 Å². The second-order valence-electron chi connectivity index (χ2n) is 5.65. The van der Waals surface area contributed by atoms with Gasteiger partial charge in [-0.2, -0.15) is 0 Å². The van der Waals surface area contributed by atoms with Gasteiger partial charge in [-0.15, -0.1) is 11.3 Å². The van der Waals surface area contributed by atoms with E-state index < -0.39 is 0 Å². The van der Waals surface area contributed by atoms with E-state index in [9.17, 15) is 4.79 Å². The first-order valence-corrected chi connectivity index (χ1v) is 8.06. The first-order valence-electron chi connectivity index (χ1n) is 7.24. The predicted octanol–water partition coefficient (Wildman–Crippen LogP) is 2.21. The van der Waals surface area contributed by atoms with Gasteiger partial charge in [0.25, 0.3) is 0 Å². The van der Waals surface area contributed by atoms with Gasteiger partial charge in [-0.05, 0) is 44.7 Å². The maximum atomic E-state index is 12.2. The first kappa shape index (κ1) is 13.1. The number of aryl methyl sites for hydroxylation is 2. The average molecular weight is 279 g/mol. The third kappa shape index (κ3) is 2.82. The zero-order valence-corrected chi connectivity index (χ0v) is 12.2. The maximum absolute atomic E-state index is 12.2. The Kier molecular flexibility index (Phi) is 3.84. The lowest BCUT2D eigenvalue weighted by Crippen LogP contribution is -2.48. The van der Waals surface area contributed by atoms with Gasteiger partial charge in [0, 0.05) is 10.8 Å². The summed E-state index contributed by atoms with van der Waals surface area (Å²) in [5.41, 5.74) is 1.22. The van der Waals surface area contributed by atoms with Crippen LogP contribution in [0, 0.1) is 11.8 Å². The highest BCUT2D eigenvalue weighted by Crippen LogP contribution is 2.29. The van der Waals surface area contributed by atoms with Crippen LogP contribution in [-0.2, 0) is 17.6 Å². The zero-order valence-electron chi connectivity index (χ0n) is 11.4. The molecule has 104 valence electrons. The molecule has 1 amide bonds. The molecule has 0 spiro atoms. The Balaban J connectivity index is 1.64. The summed E-state index contributed by atoms with van der Waals surface area (Å²) in [5.74, 6) is 0.679. The van der Waals surface area contributed by atoms with Crippen LogP contribution in [0.5, 0.6) is 0 Å². The summed E-state index contributed by atoms with van der Waals surface area (Å²) in [6.45, 7) is 3.94. The van der Waals surface area contributed by atoms with E-state index in [0.717, 1.165) is 31.1 Å². The molecule has 5 heteroatoms. The van der Waals surface area contributed by atoms with Gasteiger partial charge in [0.15, 0.2) is 5.13 Å². The van der Waals surface area contributed by atoms with Crippen LogP contribution >= 0.6 is 11.3 Å². The summed E-state index contributed by atoms with van der Waals surface area (Å²) in [6, 6.07) is 0. The van der Waals surface area contributed by atoms with E-state index in [4.69, 9.17) is 0 Å². The Morgan fingerprint density at radius 1 is 1.37 bits per heavy atom. The Morgan fingerprint density at radius 2 is 2.16 bits per heavy atom. The second-order valence-corrected chi connectivity index (χ2v) is 6.73. The average Bonchev–Trinajstić information content (AvgIpc) is 2.56. The molecule has 1 aliphatic carbocycles. The number of fused-ring (bicyclic) bond motifs is 1. The Bertz CT molecular complexity index is 444. The third-order valence-corrected chi connectivity index (χ3v) is 5.33. The minimum Gasteiger partial charge on any atom is -0.316 e. The molecular formula is C14H21N3OS. The lowest BCUT2D eigenvalue weighted by molar-refractivity contribution is -0.121. The van der Waals surface area contributed by atoms with Crippen LogP contribution in [0.1, 0.15) is 36.8 Å². The summed E-state index contributed by atoms with van der Waals surface area (Å²) in [5, 5.41) is 7.03. The molecule has 1 aliphatic heterocycles. The van der Waals surface area contributed by atoms with E-state index in [1.165, 1.54) is 29.8 Å². The fourth-order valence-corrected chi connectivity index (χ4v) is 3.73. The van der Waals surface area contributed by atoms with Crippen molar-refractivity contribution in [3.63, 3.8) is 0 Å². The van der Waals surface area contributed by atoms with Gasteiger partial charge in [0.2, 0.25) is 5.91 Å². The normalized spacial score (nSPS) is 21.1. The van der Waals surface area contributed by atoms with Crippen LogP contribution in [0.15, 0.2) is 0 Å². The van der Waals surface area contributed by atoms with Crippen LogP contribution in [0.25, 0.3) is 0 Å². The molecule has 1 unspecified atom stereocenters. The van der Waals surface area contributed by atoms with Gasteiger partial charge >= 0.3 is 0 Å². The van der Waals surface area contributed by atoms with Gasteiger partial charge < -0.3 is 10.6 Å². The fraction of sp³-hybridized carbons (Fsp3) is 0.714. The molecule has 0 bridgehead atoms. The third-order valence-electron chi connectivity index (χ3n) is 4.26. The molecule has 1 atom stereocenters. The van der Waals surface area contributed by atoms with Crippen molar-refractivity contribution in [1.82, 2.24) is 10.3 Å². The van der Waals surface area contributed by atoms with Crippen molar-refractivity contribution in [1.29, 1.82) is 0 Å². The Morgan fingerprint density at radius 3 is 2.89 bits per heavy atom. The number of thiazole rings is 1. The number of aromatic nitrogens is 1. The number of carbonyl (C=O) groups is 1. The summed E-state index contributed by atoms with van der Waals surface area (Å²) in [4.78, 5) is 18.1. The molecule has 1 saturated heterocycles. The highest BCUT2D eigenvalue weighted by atomic mass is 32.1. The molecule has 2 aliphatic rings. The monoisotopic (exact) mass is 279 g/mol. The molecule has 19 heavy (non-hydrogen) atoms. The van der Waals surface area contributed by atoms with Crippen LogP contribution in [0.2, 0.25) is 0 Å². The molecule has 4 nitrogen and oxygen atoms in total. The molecular weight excluding hydrogens is 258 g/mol. The van der Waals surface area contributed by atoms with Gasteiger partial charge in [-0.25, -0.2) is 4.98 Å². The van der Waals surface area contributed by atoms with Crippen molar-refractivity contribution in [2.24, 2.45) is 11.8 Å². The number of nitrogens with zero attached hydrogens (tertiary/aromatic N) is 1. The standard InChI is InChI=1S/C14H21N3OS/c1-9(10-7-15-8-10)13(18)17-14-16-11-5-3-2-4-6-12(11)19-14/h9-10,15H,2-8H2,1H3,(H,16,17,18). The van der Waals surface area contributed by atoms with Crippen LogP contribution < -0.4 is 10.6 Å². The largest absolute Gasteiger partial charge is 0.316 e. The van der Waals surface area contributed by atoms with Crippen LogP contribution in [-0.4, -0.2) is 24.0 Å². The van der Waals surface area contributed by atoms with Gasteiger partial charge in [-0.1, -0.05) is 13.3 Å². The van der Waals surface area contributed by atoms with Gasteiger partial charge in [-0.3, -0.25) is 4.79 Å². The highest BCUT2D eigenvalue weighted by molar-refractivity contribution is 7.15. The van der Waals surface area contributed by atoms with E-state index in [-0.39, 0.29) is 11.8 Å². The number of nitrogens with one attached hydrogen (secondary N) is 2. The van der Waals surface area contributed by atoms with Crippen molar-refractivity contribution >= 4 is 22.4 Å². The van der Waals surface area contributed by atoms with Gasteiger partial charge in [0.1, 0.15) is 0 Å². The molecule has 1 fully saturated rings. The summed E-state index contributed by atoms with van der Waals surface area (Å²) in [7, 11) is 0. The van der Waals surface area contributed by atoms with E-state index in [2.05, 4.69) is 15.6 Å². The summed E-state index contributed by atoms with van der Waals surface area (Å²) >= 11 is 1.67. The zero-order chi connectivity index (χ0) is 13.2. The lowest BCUT2D eigenvalue weighted by atomic mass is 9.88. The van der Waals surface area contributed by atoms with E-state index in [0.29, 0.717) is 5.92 Å². The maximum Gasteiger partial charge on any atom is 0.229 e. The minimum absolute atomic E-state index is 0.0740. The molecule has 0 saturated carbocycles. The number of carbonyl (C=O) groups excluding carboxylic acids is 1. The molecule has 0 aromatic carbocycles. The molecule has 1 aromatic rings. The highest BCUT2D eigenvalue weighted by Gasteiger charge is 2.29. The first-order chi connectivity index (χ1) is 9.24. The Hall–Kier alpha value is -0.940. The number of amides is 1. The lowest BCUT2D eigenvalue weighted by Gasteiger charge is -2.31. The van der Waals surface area contributed by atoms with E-state index in [1.54, 1.807) is 11.3 Å². The number of rotatable bonds is 3. The molecule has 2 heterocycles. The molecule has 1 aromatic heterocycles. The summed E-state index contributed by atoms with van der Waals surface area (Å²) < 4.78 is 0. The predicted molar refractivity (Wildman–Crippen MR) is 77.5 cm³/mol. The number of hydrogen-bond acceptors (Lipinski definition) is 4. The fourth-order valence-electron chi connectivity index (χ4n) is 2.68. The van der Waals surface area contributed by atoms with E-state index >= 15 is 0 Å². The topological polar surface area (TPSA) is 54.0 Å². The summed E-state index contributed by atoms with van der Waals surface area (Å²) in [6.07, 6.45) is 5.99. The minimum atomic E-state index is 0.0740. The van der Waals surface area contributed by atoms with Crippen molar-refractivity contribution in [3.05, 3.63) is 10.6 Å². The SMILES string of the molecule is CC(C(=O)Nc1nc2c(s1)CCCCC2)C1CNC1. The second kappa shape index (κ2) is 5.59. The smallest absolute Gasteiger partial charge is 0.229 e. The van der Waals surface area contributed by atoms with Crippen molar-refractivity contribution in [3.8, 4) is 0 Å². The van der Waals surface area contributed by atoms with Crippen LogP contribution in [0.4, 0.5) is 5.13 Å². The van der Waals surface area contributed by atoms with Crippen molar-refractivity contribution in [2.45, 2.75) is 39.0 Å². The number of hydrogen-bond donors (Lipinski definition) is 2. The number of anilines is 1. The molecule has 0 radical (unpaired) electrons.